The van der Waals surface area contributed by atoms with Crippen LogP contribution in [-0.4, -0.2) is 42.2 Å². The fraction of sp³-hybridized carbons (Fsp3) is 1.00. The number of sulfonamides is 1. The van der Waals surface area contributed by atoms with Crippen LogP contribution in [0.3, 0.4) is 0 Å². The molecule has 0 radical (unpaired) electrons. The number of β-amino-alcohol motifs (C(OH)–C–C–N with tert-alkyl or cyclic N) is 1. The Morgan fingerprint density at radius 2 is 2.15 bits per heavy atom. The van der Waals surface area contributed by atoms with E-state index in [-0.39, 0.29) is 12.0 Å². The fourth-order valence-electron chi connectivity index (χ4n) is 1.35. The van der Waals surface area contributed by atoms with Crippen LogP contribution in [0.5, 0.6) is 0 Å². The van der Waals surface area contributed by atoms with Gasteiger partial charge in [0.15, 0.2) is 0 Å². The molecule has 0 aromatic carbocycles. The highest BCUT2D eigenvalue weighted by Crippen LogP contribution is 2.31. The SMILES string of the molecule is CC1(C)CN(S(=O)(=O)CCl)CC1O. The lowest BCUT2D eigenvalue weighted by Gasteiger charge is -2.20. The van der Waals surface area contributed by atoms with Crippen molar-refractivity contribution in [2.75, 3.05) is 18.3 Å². The third kappa shape index (κ3) is 2.15. The summed E-state index contributed by atoms with van der Waals surface area (Å²) in [6.07, 6.45) is -0.606. The molecule has 0 aromatic heterocycles. The molecule has 1 aliphatic heterocycles. The Balaban J connectivity index is 2.81. The molecule has 0 amide bonds. The molecule has 0 aromatic rings. The summed E-state index contributed by atoms with van der Waals surface area (Å²) >= 11 is 5.30. The molecule has 1 N–H and O–H groups in total. The van der Waals surface area contributed by atoms with E-state index in [1.165, 1.54) is 4.31 Å². The molecule has 0 saturated carbocycles. The number of halogens is 1. The van der Waals surface area contributed by atoms with Gasteiger partial charge >= 0.3 is 0 Å². The molecule has 1 aliphatic rings. The zero-order chi connectivity index (χ0) is 10.3. The van der Waals surface area contributed by atoms with Gasteiger partial charge in [-0.15, -0.1) is 11.6 Å². The second kappa shape index (κ2) is 3.38. The molecule has 0 aliphatic carbocycles. The van der Waals surface area contributed by atoms with Crippen LogP contribution in [0.2, 0.25) is 0 Å². The number of aliphatic hydroxyl groups excluding tert-OH is 1. The molecule has 13 heavy (non-hydrogen) atoms. The Morgan fingerprint density at radius 1 is 1.62 bits per heavy atom. The van der Waals surface area contributed by atoms with Gasteiger partial charge in [-0.2, -0.15) is 4.31 Å². The lowest BCUT2D eigenvalue weighted by atomic mass is 9.90. The molecule has 4 nitrogen and oxygen atoms in total. The molecule has 1 rings (SSSR count). The van der Waals surface area contributed by atoms with Gasteiger partial charge in [-0.25, -0.2) is 8.42 Å². The van der Waals surface area contributed by atoms with Gasteiger partial charge in [-0.1, -0.05) is 13.8 Å². The van der Waals surface area contributed by atoms with E-state index in [1.807, 2.05) is 13.8 Å². The quantitative estimate of drug-likeness (QED) is 0.687. The Bertz CT molecular complexity index is 288. The standard InChI is InChI=1S/C7H14ClNO3S/c1-7(2)4-9(3-6(7)10)13(11,12)5-8/h6,10H,3-5H2,1-2H3. The van der Waals surface area contributed by atoms with Crippen molar-refractivity contribution in [3.63, 3.8) is 0 Å². The van der Waals surface area contributed by atoms with E-state index >= 15 is 0 Å². The van der Waals surface area contributed by atoms with Crippen molar-refractivity contribution in [2.45, 2.75) is 20.0 Å². The van der Waals surface area contributed by atoms with Gasteiger partial charge in [0, 0.05) is 18.5 Å². The molecular weight excluding hydrogens is 214 g/mol. The second-order valence-corrected chi connectivity index (χ2v) is 6.57. The predicted octanol–water partition coefficient (Wildman–Crippen LogP) is 0.215. The second-order valence-electron chi connectivity index (χ2n) is 4.02. The molecule has 6 heteroatoms. The van der Waals surface area contributed by atoms with E-state index in [1.54, 1.807) is 0 Å². The summed E-state index contributed by atoms with van der Waals surface area (Å²) in [7, 11) is -3.36. The van der Waals surface area contributed by atoms with Crippen LogP contribution in [0.1, 0.15) is 13.8 Å². The highest BCUT2D eigenvalue weighted by molar-refractivity contribution is 7.90. The van der Waals surface area contributed by atoms with Crippen LogP contribution in [0.4, 0.5) is 0 Å². The zero-order valence-corrected chi connectivity index (χ0v) is 9.27. The lowest BCUT2D eigenvalue weighted by Crippen LogP contribution is -2.30. The summed E-state index contributed by atoms with van der Waals surface area (Å²) in [6, 6.07) is 0. The predicted molar refractivity (Wildman–Crippen MR) is 51.0 cm³/mol. The minimum atomic E-state index is -3.36. The van der Waals surface area contributed by atoms with Crippen molar-refractivity contribution in [3.05, 3.63) is 0 Å². The van der Waals surface area contributed by atoms with Crippen molar-refractivity contribution in [2.24, 2.45) is 5.41 Å². The average Bonchev–Trinajstić information content (AvgIpc) is 2.28. The van der Waals surface area contributed by atoms with Crippen LogP contribution in [0, 0.1) is 5.41 Å². The van der Waals surface area contributed by atoms with E-state index in [0.29, 0.717) is 6.54 Å². The first-order valence-electron chi connectivity index (χ1n) is 4.01. The Kier molecular flexibility index (Phi) is 2.92. The topological polar surface area (TPSA) is 57.6 Å². The van der Waals surface area contributed by atoms with E-state index in [0.717, 1.165) is 0 Å². The summed E-state index contributed by atoms with van der Waals surface area (Å²) in [5.74, 6) is 0. The van der Waals surface area contributed by atoms with E-state index in [9.17, 15) is 13.5 Å². The number of aliphatic hydroxyl groups is 1. The first-order chi connectivity index (χ1) is 5.79. The highest BCUT2D eigenvalue weighted by Gasteiger charge is 2.42. The van der Waals surface area contributed by atoms with Crippen LogP contribution >= 0.6 is 11.6 Å². The van der Waals surface area contributed by atoms with Crippen molar-refractivity contribution >= 4 is 21.6 Å². The summed E-state index contributed by atoms with van der Waals surface area (Å²) in [4.78, 5) is 0. The third-order valence-electron chi connectivity index (χ3n) is 2.39. The monoisotopic (exact) mass is 227 g/mol. The lowest BCUT2D eigenvalue weighted by molar-refractivity contribution is 0.0960. The highest BCUT2D eigenvalue weighted by atomic mass is 35.5. The molecule has 1 fully saturated rings. The minimum Gasteiger partial charge on any atom is -0.391 e. The minimum absolute atomic E-state index is 0.155. The Labute approximate surface area is 83.5 Å². The molecule has 1 heterocycles. The molecule has 0 bridgehead atoms. The van der Waals surface area contributed by atoms with Crippen molar-refractivity contribution < 1.29 is 13.5 Å². The first-order valence-corrected chi connectivity index (χ1v) is 6.16. The maximum atomic E-state index is 11.3. The Hall–Kier alpha value is 0.160. The maximum absolute atomic E-state index is 11.3. The van der Waals surface area contributed by atoms with Gasteiger partial charge in [0.2, 0.25) is 10.0 Å². The number of nitrogens with zero attached hydrogens (tertiary/aromatic N) is 1. The molecule has 1 atom stereocenters. The smallest absolute Gasteiger partial charge is 0.228 e. The van der Waals surface area contributed by atoms with Crippen LogP contribution in [0.15, 0.2) is 0 Å². The van der Waals surface area contributed by atoms with Crippen molar-refractivity contribution in [3.8, 4) is 0 Å². The van der Waals surface area contributed by atoms with Gasteiger partial charge in [-0.05, 0) is 0 Å². The maximum Gasteiger partial charge on any atom is 0.228 e. The van der Waals surface area contributed by atoms with Gasteiger partial charge in [0.05, 0.1) is 6.10 Å². The van der Waals surface area contributed by atoms with Gasteiger partial charge in [0.1, 0.15) is 5.21 Å². The van der Waals surface area contributed by atoms with Crippen LogP contribution in [0.25, 0.3) is 0 Å². The molecule has 1 saturated heterocycles. The first kappa shape index (κ1) is 11.2. The normalized spacial score (nSPS) is 29.4. The van der Waals surface area contributed by atoms with Crippen LogP contribution in [-0.2, 0) is 10.0 Å². The summed E-state index contributed by atoms with van der Waals surface area (Å²) in [5.41, 5.74) is -0.376. The average molecular weight is 228 g/mol. The summed E-state index contributed by atoms with van der Waals surface area (Å²) in [6.45, 7) is 4.16. The van der Waals surface area contributed by atoms with E-state index in [2.05, 4.69) is 0 Å². The Morgan fingerprint density at radius 3 is 2.46 bits per heavy atom. The van der Waals surface area contributed by atoms with Gasteiger partial charge in [0.25, 0.3) is 0 Å². The van der Waals surface area contributed by atoms with E-state index in [4.69, 9.17) is 11.6 Å². The van der Waals surface area contributed by atoms with Gasteiger partial charge < -0.3 is 5.11 Å². The van der Waals surface area contributed by atoms with Crippen molar-refractivity contribution in [1.82, 2.24) is 4.31 Å². The molecule has 0 spiro atoms. The fourth-order valence-corrected chi connectivity index (χ4v) is 2.80. The largest absolute Gasteiger partial charge is 0.391 e. The molecule has 1 unspecified atom stereocenters. The van der Waals surface area contributed by atoms with E-state index < -0.39 is 21.3 Å². The molecular formula is C7H14ClNO3S. The third-order valence-corrected chi connectivity index (χ3v) is 4.56. The number of hydrogen-bond donors (Lipinski definition) is 1. The number of rotatable bonds is 2. The van der Waals surface area contributed by atoms with Gasteiger partial charge in [-0.3, -0.25) is 0 Å². The number of hydrogen-bond acceptors (Lipinski definition) is 3. The molecule has 78 valence electrons. The van der Waals surface area contributed by atoms with Crippen LogP contribution < -0.4 is 0 Å². The summed E-state index contributed by atoms with van der Waals surface area (Å²) < 4.78 is 23.9. The number of alkyl halides is 1. The van der Waals surface area contributed by atoms with Crippen molar-refractivity contribution in [1.29, 1.82) is 0 Å². The zero-order valence-electron chi connectivity index (χ0n) is 7.70. The summed E-state index contributed by atoms with van der Waals surface area (Å²) in [5, 5.41) is 9.12.